The van der Waals surface area contributed by atoms with Crippen LogP contribution in [0.3, 0.4) is 0 Å². The third-order valence-electron chi connectivity index (χ3n) is 3.98. The highest BCUT2D eigenvalue weighted by Crippen LogP contribution is 2.36. The van der Waals surface area contributed by atoms with Crippen LogP contribution in [0.4, 0.5) is 0 Å². The summed E-state index contributed by atoms with van der Waals surface area (Å²) in [7, 11) is 1.57. The quantitative estimate of drug-likeness (QED) is 0.776. The van der Waals surface area contributed by atoms with Gasteiger partial charge < -0.3 is 14.9 Å². The fourth-order valence-electron chi connectivity index (χ4n) is 2.96. The summed E-state index contributed by atoms with van der Waals surface area (Å²) in [5.41, 5.74) is 1.77. The largest absolute Gasteiger partial charge is 0.497 e. The highest BCUT2D eigenvalue weighted by molar-refractivity contribution is 5.71. The van der Waals surface area contributed by atoms with Crippen molar-refractivity contribution in [3.8, 4) is 5.75 Å². The first-order valence-corrected chi connectivity index (χ1v) is 7.63. The molecule has 0 heterocycles. The predicted molar refractivity (Wildman–Crippen MR) is 89.3 cm³/mol. The first-order chi connectivity index (χ1) is 11.5. The van der Waals surface area contributed by atoms with Crippen LogP contribution in [0.15, 0.2) is 54.6 Å². The molecule has 0 aliphatic rings. The number of carbonyl (C=O) groups is 2. The molecule has 0 saturated heterocycles. The van der Waals surface area contributed by atoms with Gasteiger partial charge in [0.05, 0.1) is 7.11 Å². The maximum absolute atomic E-state index is 11.2. The second-order valence-corrected chi connectivity index (χ2v) is 5.62. The molecule has 0 radical (unpaired) electrons. The van der Waals surface area contributed by atoms with Crippen LogP contribution in [-0.2, 0) is 9.59 Å². The first kappa shape index (κ1) is 17.5. The van der Waals surface area contributed by atoms with Crippen molar-refractivity contribution < 1.29 is 24.5 Å². The summed E-state index contributed by atoms with van der Waals surface area (Å²) in [6, 6.07) is 16.7. The Morgan fingerprint density at radius 3 is 1.83 bits per heavy atom. The van der Waals surface area contributed by atoms with Gasteiger partial charge in [0.15, 0.2) is 0 Å². The number of methoxy groups -OCH3 is 1. The molecule has 24 heavy (non-hydrogen) atoms. The first-order valence-electron chi connectivity index (χ1n) is 7.63. The highest BCUT2D eigenvalue weighted by atomic mass is 16.5. The third-order valence-corrected chi connectivity index (χ3v) is 3.98. The lowest BCUT2D eigenvalue weighted by molar-refractivity contribution is -0.140. The maximum atomic E-state index is 11.2. The van der Waals surface area contributed by atoms with Crippen LogP contribution in [-0.4, -0.2) is 29.3 Å². The topological polar surface area (TPSA) is 83.8 Å². The Labute approximate surface area is 140 Å². The van der Waals surface area contributed by atoms with Gasteiger partial charge in [-0.3, -0.25) is 9.59 Å². The SMILES string of the molecule is COc1ccc(C(c2ccccc2)C(CC(=O)O)CC(=O)O)cc1. The molecule has 0 fully saturated rings. The van der Waals surface area contributed by atoms with Crippen LogP contribution in [0.5, 0.6) is 5.75 Å². The molecule has 0 saturated carbocycles. The molecule has 2 N–H and O–H groups in total. The van der Waals surface area contributed by atoms with Gasteiger partial charge in [0.25, 0.3) is 0 Å². The minimum Gasteiger partial charge on any atom is -0.497 e. The number of benzene rings is 2. The average molecular weight is 328 g/mol. The monoisotopic (exact) mass is 328 g/mol. The molecular formula is C19H20O5. The fraction of sp³-hybridized carbons (Fsp3) is 0.263. The molecule has 1 atom stereocenters. The Bertz CT molecular complexity index is 663. The van der Waals surface area contributed by atoms with E-state index in [1.54, 1.807) is 19.2 Å². The fourth-order valence-corrected chi connectivity index (χ4v) is 2.96. The zero-order valence-electron chi connectivity index (χ0n) is 13.4. The van der Waals surface area contributed by atoms with Crippen molar-refractivity contribution in [2.24, 2.45) is 5.92 Å². The molecule has 1 unspecified atom stereocenters. The predicted octanol–water partition coefficient (Wildman–Crippen LogP) is 3.39. The molecule has 0 aliphatic heterocycles. The summed E-state index contributed by atoms with van der Waals surface area (Å²) in [6.07, 6.45) is -0.421. The lowest BCUT2D eigenvalue weighted by atomic mass is 9.77. The Morgan fingerprint density at radius 1 is 0.875 bits per heavy atom. The van der Waals surface area contributed by atoms with Crippen LogP contribution in [0.2, 0.25) is 0 Å². The van der Waals surface area contributed by atoms with Crippen molar-refractivity contribution in [1.82, 2.24) is 0 Å². The number of carboxylic acid groups (broad SMARTS) is 2. The summed E-state index contributed by atoms with van der Waals surface area (Å²) >= 11 is 0. The summed E-state index contributed by atoms with van der Waals surface area (Å²) in [5.74, 6) is -2.18. The molecule has 5 heteroatoms. The highest BCUT2D eigenvalue weighted by Gasteiger charge is 2.29. The molecule has 0 bridgehead atoms. The minimum atomic E-state index is -1.00. The third kappa shape index (κ3) is 4.59. The van der Waals surface area contributed by atoms with Crippen molar-refractivity contribution in [2.75, 3.05) is 7.11 Å². The Kier molecular flexibility index (Phi) is 5.95. The lowest BCUT2D eigenvalue weighted by Crippen LogP contribution is -2.21. The van der Waals surface area contributed by atoms with E-state index in [0.717, 1.165) is 11.1 Å². The zero-order valence-corrected chi connectivity index (χ0v) is 13.4. The van der Waals surface area contributed by atoms with E-state index in [-0.39, 0.29) is 18.8 Å². The molecular weight excluding hydrogens is 308 g/mol. The number of aliphatic carboxylic acids is 2. The number of ether oxygens (including phenoxy) is 1. The molecule has 0 aromatic heterocycles. The second kappa shape index (κ2) is 8.15. The van der Waals surface area contributed by atoms with Crippen LogP contribution >= 0.6 is 0 Å². The standard InChI is InChI=1S/C19H20O5/c1-24-16-9-7-14(8-10-16)19(13-5-3-2-4-6-13)15(11-17(20)21)12-18(22)23/h2-10,15,19H,11-12H2,1H3,(H,20,21)(H,22,23). The number of hydrogen-bond acceptors (Lipinski definition) is 3. The van der Waals surface area contributed by atoms with Crippen molar-refractivity contribution in [3.63, 3.8) is 0 Å². The molecule has 0 amide bonds. The van der Waals surface area contributed by atoms with Crippen molar-refractivity contribution in [3.05, 3.63) is 65.7 Å². The lowest BCUT2D eigenvalue weighted by Gasteiger charge is -2.26. The van der Waals surface area contributed by atoms with Gasteiger partial charge in [-0.1, -0.05) is 42.5 Å². The van der Waals surface area contributed by atoms with Crippen LogP contribution in [0.1, 0.15) is 29.9 Å². The summed E-state index contributed by atoms with van der Waals surface area (Å²) in [4.78, 5) is 22.5. The Balaban J connectivity index is 2.46. The summed E-state index contributed by atoms with van der Waals surface area (Å²) in [6.45, 7) is 0. The van der Waals surface area contributed by atoms with Crippen molar-refractivity contribution >= 4 is 11.9 Å². The number of carboxylic acids is 2. The van der Waals surface area contributed by atoms with Crippen molar-refractivity contribution in [1.29, 1.82) is 0 Å². The van der Waals surface area contributed by atoms with Gasteiger partial charge in [0.2, 0.25) is 0 Å². The average Bonchev–Trinajstić information content (AvgIpc) is 2.55. The van der Waals surface area contributed by atoms with Gasteiger partial charge in [-0.25, -0.2) is 0 Å². The maximum Gasteiger partial charge on any atom is 0.303 e. The van der Waals surface area contributed by atoms with Crippen LogP contribution in [0, 0.1) is 5.92 Å². The summed E-state index contributed by atoms with van der Waals surface area (Å²) in [5, 5.41) is 18.4. The summed E-state index contributed by atoms with van der Waals surface area (Å²) < 4.78 is 5.16. The van der Waals surface area contributed by atoms with E-state index in [9.17, 15) is 19.8 Å². The Hall–Kier alpha value is -2.82. The van der Waals surface area contributed by atoms with Gasteiger partial charge in [-0.2, -0.15) is 0 Å². The van der Waals surface area contributed by atoms with E-state index in [4.69, 9.17) is 4.74 Å². The van der Waals surface area contributed by atoms with E-state index in [2.05, 4.69) is 0 Å². The van der Waals surface area contributed by atoms with E-state index < -0.39 is 17.9 Å². The number of hydrogen-bond donors (Lipinski definition) is 2. The Morgan fingerprint density at radius 2 is 1.38 bits per heavy atom. The van der Waals surface area contributed by atoms with Gasteiger partial charge in [-0.15, -0.1) is 0 Å². The molecule has 0 aliphatic carbocycles. The van der Waals surface area contributed by atoms with E-state index in [1.165, 1.54) is 0 Å². The van der Waals surface area contributed by atoms with Gasteiger partial charge in [0, 0.05) is 18.8 Å². The van der Waals surface area contributed by atoms with E-state index in [1.807, 2.05) is 42.5 Å². The van der Waals surface area contributed by atoms with E-state index in [0.29, 0.717) is 5.75 Å². The van der Waals surface area contributed by atoms with Gasteiger partial charge >= 0.3 is 11.9 Å². The molecule has 2 aromatic rings. The molecule has 5 nitrogen and oxygen atoms in total. The van der Waals surface area contributed by atoms with Gasteiger partial charge in [0.1, 0.15) is 5.75 Å². The molecule has 126 valence electrons. The second-order valence-electron chi connectivity index (χ2n) is 5.62. The van der Waals surface area contributed by atoms with Crippen LogP contribution in [0.25, 0.3) is 0 Å². The van der Waals surface area contributed by atoms with Crippen molar-refractivity contribution in [2.45, 2.75) is 18.8 Å². The molecule has 2 aromatic carbocycles. The smallest absolute Gasteiger partial charge is 0.303 e. The normalized spacial score (nSPS) is 11.9. The molecule has 0 spiro atoms. The zero-order chi connectivity index (χ0) is 17.5. The molecule has 2 rings (SSSR count). The minimum absolute atomic E-state index is 0.210. The van der Waals surface area contributed by atoms with Crippen LogP contribution < -0.4 is 4.74 Å². The van der Waals surface area contributed by atoms with Gasteiger partial charge in [-0.05, 0) is 29.2 Å². The number of rotatable bonds is 8. The van der Waals surface area contributed by atoms with E-state index >= 15 is 0 Å².